The van der Waals surface area contributed by atoms with Gasteiger partial charge < -0.3 is 10.9 Å². The largest absolute Gasteiger partial charge is 0.497 e. The van der Waals surface area contributed by atoms with Crippen LogP contribution in [0.5, 0.6) is 5.75 Å². The Labute approximate surface area is 138 Å². The molecule has 0 radical (unpaired) electrons. The smallest absolute Gasteiger partial charge is 0.324 e. The molecule has 0 aliphatic heterocycles. The lowest BCUT2D eigenvalue weighted by Crippen LogP contribution is -1.97. The van der Waals surface area contributed by atoms with Gasteiger partial charge in [-0.2, -0.15) is 5.10 Å². The van der Waals surface area contributed by atoms with E-state index in [0.717, 1.165) is 5.56 Å². The third kappa shape index (κ3) is 5.20. The SMILES string of the molecule is NN=Cc1cccnc1.O=[N+]([O-])c1cc([N+](=O)[O-])c(O)c([N+](=O)[O-])c1. The number of nitrogens with zero attached hydrogens (tertiary/aromatic N) is 5. The van der Waals surface area contributed by atoms with E-state index in [-0.39, 0.29) is 0 Å². The van der Waals surface area contributed by atoms with E-state index in [4.69, 9.17) is 10.9 Å². The molecule has 1 aromatic heterocycles. The summed E-state index contributed by atoms with van der Waals surface area (Å²) >= 11 is 0. The second-order valence-electron chi connectivity index (χ2n) is 4.17. The number of nitrogens with two attached hydrogens (primary N) is 1. The van der Waals surface area contributed by atoms with Gasteiger partial charge in [-0.25, -0.2) is 0 Å². The fourth-order valence-electron chi connectivity index (χ4n) is 1.51. The monoisotopic (exact) mass is 350 g/mol. The molecular formula is C12H10N6O7. The highest BCUT2D eigenvalue weighted by Gasteiger charge is 2.30. The maximum absolute atomic E-state index is 10.4. The zero-order valence-corrected chi connectivity index (χ0v) is 12.3. The highest BCUT2D eigenvalue weighted by atomic mass is 16.6. The number of hydrogen-bond acceptors (Lipinski definition) is 10. The van der Waals surface area contributed by atoms with Crippen LogP contribution in [-0.4, -0.2) is 31.1 Å². The number of aromatic nitrogens is 1. The first-order chi connectivity index (χ1) is 11.8. The number of nitro benzene ring substituents is 3. The van der Waals surface area contributed by atoms with E-state index in [2.05, 4.69) is 10.1 Å². The minimum Gasteiger partial charge on any atom is -0.497 e. The Bertz CT molecular complexity index is 789. The van der Waals surface area contributed by atoms with Crippen molar-refractivity contribution in [2.75, 3.05) is 0 Å². The molecule has 0 bridgehead atoms. The first kappa shape index (κ1) is 18.9. The first-order valence-corrected chi connectivity index (χ1v) is 6.21. The third-order valence-corrected chi connectivity index (χ3v) is 2.57. The standard InChI is InChI=1S/C6H3N3O7.C6H7N3/c10-6-4(8(13)14)1-3(7(11)12)2-5(6)9(15)16;7-9-5-6-2-1-3-8-4-6/h1-2,10H;1-5H,7H2. The van der Waals surface area contributed by atoms with Crippen LogP contribution < -0.4 is 5.84 Å². The number of non-ortho nitro benzene ring substituents is 1. The predicted molar refractivity (Wildman–Crippen MR) is 84.1 cm³/mol. The lowest BCUT2D eigenvalue weighted by atomic mass is 10.2. The topological polar surface area (TPSA) is 201 Å². The summed E-state index contributed by atoms with van der Waals surface area (Å²) in [5.41, 5.74) is -2.09. The molecule has 0 saturated carbocycles. The Morgan fingerprint density at radius 3 is 2.00 bits per heavy atom. The van der Waals surface area contributed by atoms with Gasteiger partial charge in [0.2, 0.25) is 0 Å². The van der Waals surface area contributed by atoms with Gasteiger partial charge in [0.25, 0.3) is 11.4 Å². The zero-order chi connectivity index (χ0) is 19.0. The Hall–Kier alpha value is -4.16. The van der Waals surface area contributed by atoms with Crippen LogP contribution in [-0.2, 0) is 0 Å². The normalized spacial score (nSPS) is 9.92. The number of hydrazone groups is 1. The molecule has 0 aliphatic carbocycles. The quantitative estimate of drug-likeness (QED) is 0.354. The average Bonchev–Trinajstić information content (AvgIpc) is 2.56. The number of phenolic OH excluding ortho intramolecular Hbond substituents is 1. The minimum absolute atomic E-state index is 0.447. The highest BCUT2D eigenvalue weighted by Crippen LogP contribution is 2.38. The van der Waals surface area contributed by atoms with Crippen molar-refractivity contribution in [1.82, 2.24) is 4.98 Å². The van der Waals surface area contributed by atoms with Gasteiger partial charge >= 0.3 is 11.4 Å². The number of rotatable bonds is 4. The molecule has 130 valence electrons. The maximum atomic E-state index is 10.4. The molecule has 0 amide bonds. The van der Waals surface area contributed by atoms with Crippen molar-refractivity contribution in [3.05, 3.63) is 72.6 Å². The lowest BCUT2D eigenvalue weighted by molar-refractivity contribution is -0.404. The summed E-state index contributed by atoms with van der Waals surface area (Å²) in [6.45, 7) is 0. The number of pyridine rings is 1. The van der Waals surface area contributed by atoms with Crippen molar-refractivity contribution in [1.29, 1.82) is 0 Å². The summed E-state index contributed by atoms with van der Waals surface area (Å²) in [6, 6.07) is 4.60. The molecule has 0 spiro atoms. The van der Waals surface area contributed by atoms with E-state index in [1.165, 1.54) is 0 Å². The Kier molecular flexibility index (Phi) is 6.40. The van der Waals surface area contributed by atoms with Gasteiger partial charge in [-0.05, 0) is 6.07 Å². The average molecular weight is 350 g/mol. The molecule has 13 nitrogen and oxygen atoms in total. The van der Waals surface area contributed by atoms with Gasteiger partial charge in [-0.15, -0.1) is 0 Å². The summed E-state index contributed by atoms with van der Waals surface area (Å²) in [5, 5.41) is 43.6. The summed E-state index contributed by atoms with van der Waals surface area (Å²) in [4.78, 5) is 31.6. The maximum Gasteiger partial charge on any atom is 0.324 e. The van der Waals surface area contributed by atoms with Crippen LogP contribution in [0.25, 0.3) is 0 Å². The third-order valence-electron chi connectivity index (χ3n) is 2.57. The van der Waals surface area contributed by atoms with Gasteiger partial charge in [0.1, 0.15) is 0 Å². The molecule has 0 fully saturated rings. The fourth-order valence-corrected chi connectivity index (χ4v) is 1.51. The number of hydrogen-bond donors (Lipinski definition) is 2. The Balaban J connectivity index is 0.000000293. The highest BCUT2D eigenvalue weighted by molar-refractivity contribution is 5.78. The molecule has 13 heteroatoms. The fraction of sp³-hybridized carbons (Fsp3) is 0. The molecule has 0 atom stereocenters. The molecule has 0 aliphatic rings. The molecule has 25 heavy (non-hydrogen) atoms. The van der Waals surface area contributed by atoms with Crippen molar-refractivity contribution in [2.45, 2.75) is 0 Å². The van der Waals surface area contributed by atoms with E-state index in [1.54, 1.807) is 18.6 Å². The summed E-state index contributed by atoms with van der Waals surface area (Å²) < 4.78 is 0. The summed E-state index contributed by atoms with van der Waals surface area (Å²) in [5.74, 6) is 3.69. The zero-order valence-electron chi connectivity index (χ0n) is 12.3. The van der Waals surface area contributed by atoms with E-state index < -0.39 is 37.6 Å². The van der Waals surface area contributed by atoms with Crippen LogP contribution in [0.3, 0.4) is 0 Å². The van der Waals surface area contributed by atoms with Crippen LogP contribution in [0.4, 0.5) is 17.1 Å². The molecule has 3 N–H and O–H groups in total. The van der Waals surface area contributed by atoms with E-state index in [9.17, 15) is 30.3 Å². The van der Waals surface area contributed by atoms with Crippen LogP contribution in [0.2, 0.25) is 0 Å². The van der Waals surface area contributed by atoms with Gasteiger partial charge in [0.15, 0.2) is 0 Å². The molecular weight excluding hydrogens is 340 g/mol. The second kappa shape index (κ2) is 8.47. The second-order valence-corrected chi connectivity index (χ2v) is 4.17. The first-order valence-electron chi connectivity index (χ1n) is 6.21. The van der Waals surface area contributed by atoms with E-state index in [0.29, 0.717) is 12.1 Å². The number of nitro groups is 3. The molecule has 0 saturated heterocycles. The summed E-state index contributed by atoms with van der Waals surface area (Å²) in [6.07, 6.45) is 4.94. The lowest BCUT2D eigenvalue weighted by Gasteiger charge is -1.97. The molecule has 0 unspecified atom stereocenters. The molecule has 2 rings (SSSR count). The van der Waals surface area contributed by atoms with Gasteiger partial charge in [-0.3, -0.25) is 35.3 Å². The van der Waals surface area contributed by atoms with Gasteiger partial charge in [0.05, 0.1) is 33.1 Å². The van der Waals surface area contributed by atoms with Crippen molar-refractivity contribution < 1.29 is 19.9 Å². The number of aromatic hydroxyl groups is 1. The predicted octanol–water partition coefficient (Wildman–Crippen LogP) is 1.49. The van der Waals surface area contributed by atoms with Crippen molar-refractivity contribution in [2.24, 2.45) is 10.9 Å². The number of benzene rings is 1. The Morgan fingerprint density at radius 2 is 1.64 bits per heavy atom. The van der Waals surface area contributed by atoms with Crippen LogP contribution in [0, 0.1) is 30.3 Å². The van der Waals surface area contributed by atoms with Crippen molar-refractivity contribution >= 4 is 23.3 Å². The molecule has 1 heterocycles. The number of phenols is 1. The van der Waals surface area contributed by atoms with Gasteiger partial charge in [0, 0.05) is 18.0 Å². The van der Waals surface area contributed by atoms with Crippen LogP contribution in [0.1, 0.15) is 5.56 Å². The van der Waals surface area contributed by atoms with E-state index in [1.807, 2.05) is 12.1 Å². The molecule has 1 aromatic carbocycles. The minimum atomic E-state index is -1.21. The van der Waals surface area contributed by atoms with E-state index >= 15 is 0 Å². The Morgan fingerprint density at radius 1 is 1.08 bits per heavy atom. The molecule has 2 aromatic rings. The van der Waals surface area contributed by atoms with Crippen molar-refractivity contribution in [3.63, 3.8) is 0 Å². The summed E-state index contributed by atoms with van der Waals surface area (Å²) in [7, 11) is 0. The van der Waals surface area contributed by atoms with Gasteiger partial charge in [-0.1, -0.05) is 6.07 Å². The van der Waals surface area contributed by atoms with Crippen LogP contribution in [0.15, 0.2) is 41.8 Å². The van der Waals surface area contributed by atoms with Crippen molar-refractivity contribution in [3.8, 4) is 5.75 Å². The van der Waals surface area contributed by atoms with Crippen LogP contribution >= 0.6 is 0 Å².